The topological polar surface area (TPSA) is 67.4 Å². The first-order valence-corrected chi connectivity index (χ1v) is 7.36. The Morgan fingerprint density at radius 2 is 1.70 bits per heavy atom. The van der Waals surface area contributed by atoms with Gasteiger partial charge in [-0.25, -0.2) is 0 Å². The van der Waals surface area contributed by atoms with E-state index in [-0.39, 0.29) is 11.8 Å². The monoisotopic (exact) mass is 312 g/mol. The summed E-state index contributed by atoms with van der Waals surface area (Å²) in [5, 5.41) is 5.53. The van der Waals surface area contributed by atoms with E-state index in [0.29, 0.717) is 30.0 Å². The fourth-order valence-corrected chi connectivity index (χ4v) is 2.05. The fourth-order valence-electron chi connectivity index (χ4n) is 2.05. The zero-order valence-corrected chi connectivity index (χ0v) is 13.3. The Bertz CT molecular complexity index is 681. The maximum atomic E-state index is 12.3. The van der Waals surface area contributed by atoms with Crippen LogP contribution >= 0.6 is 0 Å². The van der Waals surface area contributed by atoms with Crippen molar-refractivity contribution < 1.29 is 14.3 Å². The molecule has 0 bridgehead atoms. The van der Waals surface area contributed by atoms with E-state index in [0.717, 1.165) is 5.56 Å². The molecule has 0 aliphatic rings. The predicted octanol–water partition coefficient (Wildman–Crippen LogP) is 2.62. The lowest BCUT2D eigenvalue weighted by atomic mass is 10.1. The third-order valence-corrected chi connectivity index (χ3v) is 3.33. The average molecular weight is 312 g/mol. The summed E-state index contributed by atoms with van der Waals surface area (Å²) < 4.78 is 4.91. The SMILES string of the molecule is COCCNC(=O)c1ccccc1NC(=O)c1ccc(C)cc1. The number of anilines is 1. The number of amides is 2. The van der Waals surface area contributed by atoms with E-state index in [9.17, 15) is 9.59 Å². The Kier molecular flexibility index (Phi) is 5.88. The predicted molar refractivity (Wildman–Crippen MR) is 89.8 cm³/mol. The van der Waals surface area contributed by atoms with Gasteiger partial charge in [0.25, 0.3) is 11.8 Å². The van der Waals surface area contributed by atoms with Gasteiger partial charge in [-0.1, -0.05) is 29.8 Å². The molecule has 5 heteroatoms. The van der Waals surface area contributed by atoms with Crippen LogP contribution in [-0.2, 0) is 4.74 Å². The molecule has 0 aliphatic carbocycles. The molecule has 2 amide bonds. The third kappa shape index (κ3) is 4.66. The number of rotatable bonds is 6. The van der Waals surface area contributed by atoms with Gasteiger partial charge in [0.2, 0.25) is 0 Å². The molecule has 0 radical (unpaired) electrons. The number of hydrogen-bond donors (Lipinski definition) is 2. The first kappa shape index (κ1) is 16.7. The molecule has 0 saturated heterocycles. The number of methoxy groups -OCH3 is 1. The van der Waals surface area contributed by atoms with Crippen LogP contribution < -0.4 is 10.6 Å². The van der Waals surface area contributed by atoms with Gasteiger partial charge in [0, 0.05) is 19.2 Å². The van der Waals surface area contributed by atoms with Gasteiger partial charge in [-0.2, -0.15) is 0 Å². The molecule has 23 heavy (non-hydrogen) atoms. The summed E-state index contributed by atoms with van der Waals surface area (Å²) >= 11 is 0. The van der Waals surface area contributed by atoms with Crippen LogP contribution in [0.3, 0.4) is 0 Å². The van der Waals surface area contributed by atoms with Crippen molar-refractivity contribution in [2.24, 2.45) is 0 Å². The van der Waals surface area contributed by atoms with Gasteiger partial charge in [-0.3, -0.25) is 9.59 Å². The molecule has 0 spiro atoms. The molecular weight excluding hydrogens is 292 g/mol. The Labute approximate surface area is 135 Å². The van der Waals surface area contributed by atoms with Crippen LogP contribution in [0.4, 0.5) is 5.69 Å². The van der Waals surface area contributed by atoms with Crippen molar-refractivity contribution in [1.29, 1.82) is 0 Å². The number of carbonyl (C=O) groups is 2. The average Bonchev–Trinajstić information content (AvgIpc) is 2.56. The number of aryl methyl sites for hydroxylation is 1. The highest BCUT2D eigenvalue weighted by molar-refractivity contribution is 6.09. The second-order valence-corrected chi connectivity index (χ2v) is 5.11. The summed E-state index contributed by atoms with van der Waals surface area (Å²) in [5.41, 5.74) is 2.53. The summed E-state index contributed by atoms with van der Waals surface area (Å²) in [6.45, 7) is 2.81. The first-order chi connectivity index (χ1) is 11.1. The highest BCUT2D eigenvalue weighted by Gasteiger charge is 2.13. The number of para-hydroxylation sites is 1. The van der Waals surface area contributed by atoms with Crippen LogP contribution in [0.25, 0.3) is 0 Å². The molecule has 5 nitrogen and oxygen atoms in total. The molecule has 0 aliphatic heterocycles. The van der Waals surface area contributed by atoms with Crippen LogP contribution in [0.5, 0.6) is 0 Å². The third-order valence-electron chi connectivity index (χ3n) is 3.33. The van der Waals surface area contributed by atoms with Crippen LogP contribution in [0, 0.1) is 6.92 Å². The standard InChI is InChI=1S/C18H20N2O3/c1-13-7-9-14(10-8-13)17(21)20-16-6-4-3-5-15(16)18(22)19-11-12-23-2/h3-10H,11-12H2,1-2H3,(H,19,22)(H,20,21). The van der Waals surface area contributed by atoms with Gasteiger partial charge in [-0.15, -0.1) is 0 Å². The lowest BCUT2D eigenvalue weighted by Gasteiger charge is -2.11. The summed E-state index contributed by atoms with van der Waals surface area (Å²) in [5.74, 6) is -0.496. The molecule has 0 aromatic heterocycles. The summed E-state index contributed by atoms with van der Waals surface area (Å²) in [6.07, 6.45) is 0. The molecule has 2 rings (SSSR count). The highest BCUT2D eigenvalue weighted by atomic mass is 16.5. The fraction of sp³-hybridized carbons (Fsp3) is 0.222. The van der Waals surface area contributed by atoms with Crippen molar-refractivity contribution in [1.82, 2.24) is 5.32 Å². The largest absolute Gasteiger partial charge is 0.383 e. The lowest BCUT2D eigenvalue weighted by molar-refractivity contribution is 0.0938. The lowest BCUT2D eigenvalue weighted by Crippen LogP contribution is -2.28. The Morgan fingerprint density at radius 3 is 2.39 bits per heavy atom. The van der Waals surface area contributed by atoms with Crippen molar-refractivity contribution in [2.45, 2.75) is 6.92 Å². The van der Waals surface area contributed by atoms with Crippen LogP contribution in [-0.4, -0.2) is 32.1 Å². The van der Waals surface area contributed by atoms with Crippen molar-refractivity contribution >= 4 is 17.5 Å². The normalized spacial score (nSPS) is 10.2. The zero-order chi connectivity index (χ0) is 16.7. The molecule has 0 fully saturated rings. The van der Waals surface area contributed by atoms with Gasteiger partial charge in [-0.05, 0) is 31.2 Å². The minimum Gasteiger partial charge on any atom is -0.383 e. The van der Waals surface area contributed by atoms with E-state index in [1.54, 1.807) is 43.5 Å². The molecule has 120 valence electrons. The smallest absolute Gasteiger partial charge is 0.255 e. The number of hydrogen-bond acceptors (Lipinski definition) is 3. The molecule has 0 unspecified atom stereocenters. The van der Waals surface area contributed by atoms with Crippen molar-refractivity contribution in [3.63, 3.8) is 0 Å². The van der Waals surface area contributed by atoms with Crippen molar-refractivity contribution in [3.05, 3.63) is 65.2 Å². The van der Waals surface area contributed by atoms with E-state index in [1.165, 1.54) is 0 Å². The van der Waals surface area contributed by atoms with Crippen LogP contribution in [0.2, 0.25) is 0 Å². The van der Waals surface area contributed by atoms with Gasteiger partial charge < -0.3 is 15.4 Å². The summed E-state index contributed by atoms with van der Waals surface area (Å²) in [4.78, 5) is 24.5. The zero-order valence-electron chi connectivity index (χ0n) is 13.3. The van der Waals surface area contributed by atoms with Crippen molar-refractivity contribution in [2.75, 3.05) is 25.6 Å². The number of ether oxygens (including phenoxy) is 1. The number of carbonyl (C=O) groups excluding carboxylic acids is 2. The maximum Gasteiger partial charge on any atom is 0.255 e. The Balaban J connectivity index is 2.12. The van der Waals surface area contributed by atoms with Gasteiger partial charge in [0.1, 0.15) is 0 Å². The summed E-state index contributed by atoms with van der Waals surface area (Å²) in [7, 11) is 1.57. The number of nitrogens with one attached hydrogen (secondary N) is 2. The minimum absolute atomic E-state index is 0.248. The van der Waals surface area contributed by atoms with E-state index in [1.807, 2.05) is 19.1 Å². The van der Waals surface area contributed by atoms with E-state index < -0.39 is 0 Å². The van der Waals surface area contributed by atoms with Crippen LogP contribution in [0.1, 0.15) is 26.3 Å². The molecular formula is C18H20N2O3. The molecule has 0 saturated carbocycles. The minimum atomic E-state index is -0.248. The van der Waals surface area contributed by atoms with Gasteiger partial charge in [0.05, 0.1) is 17.9 Å². The van der Waals surface area contributed by atoms with Crippen molar-refractivity contribution in [3.8, 4) is 0 Å². The second kappa shape index (κ2) is 8.10. The second-order valence-electron chi connectivity index (χ2n) is 5.11. The molecule has 2 N–H and O–H groups in total. The van der Waals surface area contributed by atoms with Gasteiger partial charge in [0.15, 0.2) is 0 Å². The molecule has 2 aromatic carbocycles. The van der Waals surface area contributed by atoms with E-state index in [4.69, 9.17) is 4.74 Å². The van der Waals surface area contributed by atoms with Crippen LogP contribution in [0.15, 0.2) is 48.5 Å². The van der Waals surface area contributed by atoms with Gasteiger partial charge >= 0.3 is 0 Å². The van der Waals surface area contributed by atoms with E-state index in [2.05, 4.69) is 10.6 Å². The van der Waals surface area contributed by atoms with E-state index >= 15 is 0 Å². The first-order valence-electron chi connectivity index (χ1n) is 7.36. The maximum absolute atomic E-state index is 12.3. The number of benzene rings is 2. The molecule has 0 heterocycles. The highest BCUT2D eigenvalue weighted by Crippen LogP contribution is 2.16. The Hall–Kier alpha value is -2.66. The molecule has 0 atom stereocenters. The summed E-state index contributed by atoms with van der Waals surface area (Å²) in [6, 6.07) is 14.2. The Morgan fingerprint density at radius 1 is 1.00 bits per heavy atom. The quantitative estimate of drug-likeness (QED) is 0.806. The molecule has 2 aromatic rings.